The highest BCUT2D eigenvalue weighted by Gasteiger charge is 2.13. The molecule has 0 saturated carbocycles. The summed E-state index contributed by atoms with van der Waals surface area (Å²) in [4.78, 5) is 20.1. The maximum Gasteiger partial charge on any atom is 0.258 e. The number of nitrogens with one attached hydrogen (secondary N) is 1. The molecule has 5 heteroatoms. The van der Waals surface area contributed by atoms with Gasteiger partial charge in [-0.1, -0.05) is 13.8 Å². The van der Waals surface area contributed by atoms with Gasteiger partial charge in [0.15, 0.2) is 0 Å². The normalized spacial score (nSPS) is 11.3. The van der Waals surface area contributed by atoms with Gasteiger partial charge >= 0.3 is 0 Å². The molecule has 0 spiro atoms. The summed E-state index contributed by atoms with van der Waals surface area (Å²) in [6.07, 6.45) is 0. The molecule has 0 aliphatic rings. The number of nitrogens with zero attached hydrogens (tertiary/aromatic N) is 2. The van der Waals surface area contributed by atoms with Crippen molar-refractivity contribution in [1.82, 2.24) is 14.9 Å². The van der Waals surface area contributed by atoms with Crippen molar-refractivity contribution in [2.45, 2.75) is 26.3 Å². The Labute approximate surface area is 88.8 Å². The number of aromatic nitrogens is 2. The minimum Gasteiger partial charge on any atom is -0.493 e. The van der Waals surface area contributed by atoms with Gasteiger partial charge in [-0.3, -0.25) is 4.79 Å². The average Bonchev–Trinajstić information content (AvgIpc) is 1.99. The topological polar surface area (TPSA) is 69.2 Å². The summed E-state index contributed by atoms with van der Waals surface area (Å²) >= 11 is 0. The van der Waals surface area contributed by atoms with E-state index in [1.165, 1.54) is 0 Å². The third-order valence-electron chi connectivity index (χ3n) is 2.03. The van der Waals surface area contributed by atoms with Crippen LogP contribution in [0.3, 0.4) is 0 Å². The molecule has 0 fully saturated rings. The zero-order valence-electron chi connectivity index (χ0n) is 9.53. The predicted octanol–water partition coefficient (Wildman–Crippen LogP) is 0.661. The Kier molecular flexibility index (Phi) is 3.47. The summed E-state index contributed by atoms with van der Waals surface area (Å²) in [5.41, 5.74) is 0.0897. The molecule has 0 aliphatic carbocycles. The molecule has 1 aromatic rings. The molecule has 0 aliphatic heterocycles. The summed E-state index contributed by atoms with van der Waals surface area (Å²) in [5, 5.41) is 9.61. The molecule has 1 rings (SSSR count). The second-order valence-electron chi connectivity index (χ2n) is 4.14. The van der Waals surface area contributed by atoms with Crippen molar-refractivity contribution in [3.63, 3.8) is 0 Å². The van der Waals surface area contributed by atoms with Gasteiger partial charge in [0, 0.05) is 0 Å². The fourth-order valence-electron chi connectivity index (χ4n) is 1.41. The first-order valence-corrected chi connectivity index (χ1v) is 4.88. The lowest BCUT2D eigenvalue weighted by molar-refractivity contribution is 0.378. The molecule has 0 aromatic carbocycles. The summed E-state index contributed by atoms with van der Waals surface area (Å²) in [7, 11) is 3.74. The van der Waals surface area contributed by atoms with E-state index in [9.17, 15) is 9.90 Å². The molecule has 0 amide bonds. The van der Waals surface area contributed by atoms with E-state index in [-0.39, 0.29) is 17.4 Å². The van der Waals surface area contributed by atoms with Crippen molar-refractivity contribution < 1.29 is 5.11 Å². The monoisotopic (exact) mass is 211 g/mol. The van der Waals surface area contributed by atoms with Crippen molar-refractivity contribution in [1.29, 1.82) is 0 Å². The highest BCUT2D eigenvalue weighted by molar-refractivity contribution is 5.25. The molecule has 0 unspecified atom stereocenters. The van der Waals surface area contributed by atoms with Gasteiger partial charge in [-0.25, -0.2) is 0 Å². The molecular weight excluding hydrogens is 194 g/mol. The van der Waals surface area contributed by atoms with Gasteiger partial charge in [0.2, 0.25) is 5.88 Å². The minimum atomic E-state index is -0.255. The van der Waals surface area contributed by atoms with Crippen LogP contribution in [-0.2, 0) is 6.54 Å². The summed E-state index contributed by atoms with van der Waals surface area (Å²) in [6.45, 7) is 4.19. The van der Waals surface area contributed by atoms with E-state index in [1.54, 1.807) is 0 Å². The molecule has 0 atom stereocenters. The molecule has 84 valence electrons. The molecule has 1 aromatic heterocycles. The molecule has 0 radical (unpaired) electrons. The largest absolute Gasteiger partial charge is 0.493 e. The van der Waals surface area contributed by atoms with E-state index in [1.807, 2.05) is 32.8 Å². The summed E-state index contributed by atoms with van der Waals surface area (Å²) < 4.78 is 0. The van der Waals surface area contributed by atoms with Crippen LogP contribution in [0.4, 0.5) is 0 Å². The molecule has 1 heterocycles. The van der Waals surface area contributed by atoms with Crippen LogP contribution in [0.5, 0.6) is 5.88 Å². The fourth-order valence-corrected chi connectivity index (χ4v) is 1.41. The van der Waals surface area contributed by atoms with Crippen LogP contribution in [0, 0.1) is 0 Å². The van der Waals surface area contributed by atoms with Crippen molar-refractivity contribution in [3.8, 4) is 5.88 Å². The van der Waals surface area contributed by atoms with Crippen molar-refractivity contribution >= 4 is 0 Å². The Bertz CT molecular complexity index is 396. The third kappa shape index (κ3) is 2.79. The number of H-pyrrole nitrogens is 1. The molecule has 5 nitrogen and oxygen atoms in total. The molecule has 2 N–H and O–H groups in total. The van der Waals surface area contributed by atoms with E-state index < -0.39 is 0 Å². The van der Waals surface area contributed by atoms with Crippen molar-refractivity contribution in [2.75, 3.05) is 14.1 Å². The lowest BCUT2D eigenvalue weighted by Gasteiger charge is -2.11. The SMILES string of the molecule is CC(C)c1c(O)nc(CN(C)C)[nH]c1=O. The Morgan fingerprint density at radius 1 is 1.47 bits per heavy atom. The Morgan fingerprint density at radius 2 is 2.07 bits per heavy atom. The van der Waals surface area contributed by atoms with Crippen molar-refractivity contribution in [2.24, 2.45) is 0 Å². The van der Waals surface area contributed by atoms with Gasteiger partial charge in [-0.05, 0) is 20.0 Å². The quantitative estimate of drug-likeness (QED) is 0.770. The van der Waals surface area contributed by atoms with Crippen LogP contribution >= 0.6 is 0 Å². The number of hydrogen-bond acceptors (Lipinski definition) is 4. The first-order chi connectivity index (χ1) is 6.91. The molecule has 15 heavy (non-hydrogen) atoms. The second kappa shape index (κ2) is 4.44. The Hall–Kier alpha value is -1.36. The van der Waals surface area contributed by atoms with Gasteiger partial charge in [0.05, 0.1) is 12.1 Å². The van der Waals surface area contributed by atoms with E-state index in [2.05, 4.69) is 9.97 Å². The highest BCUT2D eigenvalue weighted by atomic mass is 16.3. The van der Waals surface area contributed by atoms with Crippen LogP contribution in [0.2, 0.25) is 0 Å². The van der Waals surface area contributed by atoms with Crippen molar-refractivity contribution in [3.05, 3.63) is 21.7 Å². The van der Waals surface area contributed by atoms with E-state index in [4.69, 9.17) is 0 Å². The summed E-state index contributed by atoms with van der Waals surface area (Å²) in [5.74, 6) is 0.284. The number of aromatic amines is 1. The van der Waals surface area contributed by atoms with Gasteiger partial charge in [0.25, 0.3) is 5.56 Å². The predicted molar refractivity (Wildman–Crippen MR) is 58.0 cm³/mol. The Morgan fingerprint density at radius 3 is 2.47 bits per heavy atom. The Balaban J connectivity index is 3.14. The number of rotatable bonds is 3. The number of hydrogen-bond donors (Lipinski definition) is 2. The lowest BCUT2D eigenvalue weighted by Crippen LogP contribution is -2.21. The van der Waals surface area contributed by atoms with Crippen LogP contribution in [0.15, 0.2) is 4.79 Å². The molecule has 0 saturated heterocycles. The van der Waals surface area contributed by atoms with Crippen LogP contribution in [-0.4, -0.2) is 34.1 Å². The van der Waals surface area contributed by atoms with Gasteiger partial charge < -0.3 is 15.0 Å². The standard InChI is InChI=1S/C10H17N3O2/c1-6(2)8-9(14)11-7(5-13(3)4)12-10(8)15/h6H,5H2,1-4H3,(H2,11,12,14,15). The fraction of sp³-hybridized carbons (Fsp3) is 0.600. The summed E-state index contributed by atoms with van der Waals surface area (Å²) in [6, 6.07) is 0. The van der Waals surface area contributed by atoms with E-state index in [0.717, 1.165) is 0 Å². The van der Waals surface area contributed by atoms with Crippen LogP contribution < -0.4 is 5.56 Å². The maximum atomic E-state index is 11.6. The average molecular weight is 211 g/mol. The maximum absolute atomic E-state index is 11.6. The van der Waals surface area contributed by atoms with Crippen LogP contribution in [0.25, 0.3) is 0 Å². The van der Waals surface area contributed by atoms with E-state index in [0.29, 0.717) is 17.9 Å². The number of aromatic hydroxyl groups is 1. The zero-order valence-corrected chi connectivity index (χ0v) is 9.53. The minimum absolute atomic E-state index is 0.0327. The van der Waals surface area contributed by atoms with Gasteiger partial charge in [-0.2, -0.15) is 4.98 Å². The first-order valence-electron chi connectivity index (χ1n) is 4.88. The lowest BCUT2D eigenvalue weighted by atomic mass is 10.1. The smallest absolute Gasteiger partial charge is 0.258 e. The second-order valence-corrected chi connectivity index (χ2v) is 4.14. The zero-order chi connectivity index (χ0) is 11.6. The highest BCUT2D eigenvalue weighted by Crippen LogP contribution is 2.18. The van der Waals surface area contributed by atoms with Gasteiger partial charge in [-0.15, -0.1) is 0 Å². The molecule has 0 bridgehead atoms. The first kappa shape index (κ1) is 11.7. The third-order valence-corrected chi connectivity index (χ3v) is 2.03. The molecular formula is C10H17N3O2. The van der Waals surface area contributed by atoms with E-state index >= 15 is 0 Å². The van der Waals surface area contributed by atoms with Gasteiger partial charge in [0.1, 0.15) is 5.82 Å². The van der Waals surface area contributed by atoms with Crippen LogP contribution in [0.1, 0.15) is 31.2 Å².